The van der Waals surface area contributed by atoms with E-state index in [9.17, 15) is 0 Å². The third-order valence-corrected chi connectivity index (χ3v) is 5.25. The van der Waals surface area contributed by atoms with Gasteiger partial charge in [0.25, 0.3) is 0 Å². The van der Waals surface area contributed by atoms with Crippen molar-refractivity contribution in [1.29, 1.82) is 0 Å². The van der Waals surface area contributed by atoms with Gasteiger partial charge < -0.3 is 15.2 Å². The van der Waals surface area contributed by atoms with E-state index in [-0.39, 0.29) is 0 Å². The summed E-state index contributed by atoms with van der Waals surface area (Å²) in [4.78, 5) is 15.6. The highest BCUT2D eigenvalue weighted by molar-refractivity contribution is 5.40. The van der Waals surface area contributed by atoms with E-state index in [2.05, 4.69) is 31.1 Å². The molecule has 0 aromatic carbocycles. The lowest BCUT2D eigenvalue weighted by molar-refractivity contribution is 0.344. The Morgan fingerprint density at radius 2 is 2.04 bits per heavy atom. The van der Waals surface area contributed by atoms with Crippen molar-refractivity contribution in [2.45, 2.75) is 51.0 Å². The molecule has 1 aliphatic carbocycles. The van der Waals surface area contributed by atoms with Crippen LogP contribution in [0.4, 0.5) is 5.82 Å². The summed E-state index contributed by atoms with van der Waals surface area (Å²) in [6.07, 6.45) is 6.94. The quantitative estimate of drug-likeness (QED) is 0.915. The summed E-state index contributed by atoms with van der Waals surface area (Å²) in [6.45, 7) is 3.87. The molecule has 2 N–H and O–H groups in total. The number of nitrogens with zero attached hydrogens (tertiary/aromatic N) is 5. The van der Waals surface area contributed by atoms with Crippen molar-refractivity contribution in [3.63, 3.8) is 0 Å². The molecule has 7 heteroatoms. The molecule has 2 fully saturated rings. The molecule has 0 unspecified atom stereocenters. The third-order valence-electron chi connectivity index (χ3n) is 5.25. The maximum atomic E-state index is 5.90. The average Bonchev–Trinajstić information content (AvgIpc) is 2.98. The van der Waals surface area contributed by atoms with Crippen molar-refractivity contribution < 1.29 is 4.52 Å². The molecule has 0 amide bonds. The average molecular weight is 328 g/mol. The topological polar surface area (TPSA) is 94.0 Å². The molecule has 7 nitrogen and oxygen atoms in total. The van der Waals surface area contributed by atoms with E-state index >= 15 is 0 Å². The predicted molar refractivity (Wildman–Crippen MR) is 89.7 cm³/mol. The van der Waals surface area contributed by atoms with Gasteiger partial charge in [0.2, 0.25) is 5.89 Å². The highest BCUT2D eigenvalue weighted by Gasteiger charge is 2.29. The van der Waals surface area contributed by atoms with Crippen LogP contribution in [0.3, 0.4) is 0 Å². The van der Waals surface area contributed by atoms with Gasteiger partial charge in [-0.1, -0.05) is 5.16 Å². The second-order valence-corrected chi connectivity index (χ2v) is 7.09. The second kappa shape index (κ2) is 6.47. The molecule has 1 saturated carbocycles. The summed E-state index contributed by atoms with van der Waals surface area (Å²) in [5.74, 6) is 3.66. The first-order valence-corrected chi connectivity index (χ1v) is 8.79. The third kappa shape index (κ3) is 3.26. The number of aryl methyl sites for hydroxylation is 1. The minimum Gasteiger partial charge on any atom is -0.356 e. The molecule has 2 aromatic heterocycles. The van der Waals surface area contributed by atoms with Gasteiger partial charge in [-0.25, -0.2) is 9.97 Å². The van der Waals surface area contributed by atoms with Crippen LogP contribution >= 0.6 is 0 Å². The minimum atomic E-state index is 0.345. The lowest BCUT2D eigenvalue weighted by Gasteiger charge is -2.34. The molecule has 4 rings (SSSR count). The normalized spacial score (nSPS) is 24.8. The molecule has 2 aliphatic rings. The first-order valence-electron chi connectivity index (χ1n) is 8.79. The predicted octanol–water partition coefficient (Wildman–Crippen LogP) is 1.83. The number of aromatic nitrogens is 4. The van der Waals surface area contributed by atoms with Crippen LogP contribution in [0.2, 0.25) is 0 Å². The van der Waals surface area contributed by atoms with Crippen molar-refractivity contribution in [2.75, 3.05) is 18.0 Å². The van der Waals surface area contributed by atoms with Crippen molar-refractivity contribution in [3.05, 3.63) is 29.8 Å². The van der Waals surface area contributed by atoms with E-state index in [4.69, 9.17) is 10.3 Å². The Hall–Kier alpha value is -2.02. The molecule has 0 spiro atoms. The van der Waals surface area contributed by atoms with Crippen LogP contribution in [0.1, 0.15) is 49.0 Å². The van der Waals surface area contributed by atoms with Gasteiger partial charge in [0.15, 0.2) is 5.82 Å². The van der Waals surface area contributed by atoms with Crippen molar-refractivity contribution >= 4 is 5.82 Å². The fourth-order valence-electron chi connectivity index (χ4n) is 3.71. The fraction of sp³-hybridized carbons (Fsp3) is 0.647. The Morgan fingerprint density at radius 3 is 2.71 bits per heavy atom. The largest absolute Gasteiger partial charge is 0.356 e. The number of hydrogen-bond donors (Lipinski definition) is 1. The Labute approximate surface area is 141 Å². The molecule has 0 bridgehead atoms. The molecule has 3 heterocycles. The van der Waals surface area contributed by atoms with E-state index in [1.54, 1.807) is 6.33 Å². The maximum Gasteiger partial charge on any atom is 0.223 e. The Morgan fingerprint density at radius 1 is 1.25 bits per heavy atom. The monoisotopic (exact) mass is 328 g/mol. The van der Waals surface area contributed by atoms with Crippen LogP contribution in [-0.4, -0.2) is 39.2 Å². The van der Waals surface area contributed by atoms with E-state index < -0.39 is 0 Å². The van der Waals surface area contributed by atoms with E-state index in [0.29, 0.717) is 23.8 Å². The van der Waals surface area contributed by atoms with Crippen LogP contribution in [0.15, 0.2) is 16.9 Å². The van der Waals surface area contributed by atoms with Crippen LogP contribution < -0.4 is 10.6 Å². The molecule has 0 atom stereocenters. The van der Waals surface area contributed by atoms with Crippen molar-refractivity contribution in [1.82, 2.24) is 20.1 Å². The zero-order valence-corrected chi connectivity index (χ0v) is 14.1. The summed E-state index contributed by atoms with van der Waals surface area (Å²) in [5.41, 5.74) is 7.04. The first-order chi connectivity index (χ1) is 11.7. The Kier molecular flexibility index (Phi) is 4.18. The van der Waals surface area contributed by atoms with Crippen LogP contribution in [-0.2, 0) is 6.42 Å². The van der Waals surface area contributed by atoms with Crippen LogP contribution in [0.25, 0.3) is 0 Å². The maximum absolute atomic E-state index is 5.90. The van der Waals surface area contributed by atoms with Gasteiger partial charge in [0.1, 0.15) is 12.1 Å². The number of anilines is 1. The van der Waals surface area contributed by atoms with E-state index in [1.807, 2.05) is 6.92 Å². The number of nitrogens with two attached hydrogens (primary N) is 1. The van der Waals surface area contributed by atoms with Crippen LogP contribution in [0, 0.1) is 12.8 Å². The summed E-state index contributed by atoms with van der Waals surface area (Å²) in [7, 11) is 0. The van der Waals surface area contributed by atoms with Gasteiger partial charge in [-0.2, -0.15) is 4.98 Å². The number of piperidine rings is 1. The summed E-state index contributed by atoms with van der Waals surface area (Å²) < 4.78 is 5.06. The smallest absolute Gasteiger partial charge is 0.223 e. The summed E-state index contributed by atoms with van der Waals surface area (Å²) >= 11 is 0. The van der Waals surface area contributed by atoms with E-state index in [0.717, 1.165) is 62.5 Å². The molecule has 24 heavy (non-hydrogen) atoms. The summed E-state index contributed by atoms with van der Waals surface area (Å²) in [5, 5.41) is 4.01. The molecular weight excluding hydrogens is 304 g/mol. The number of rotatable bonds is 4. The Balaban J connectivity index is 1.34. The fourth-order valence-corrected chi connectivity index (χ4v) is 3.71. The second-order valence-electron chi connectivity index (χ2n) is 7.09. The van der Waals surface area contributed by atoms with Crippen LogP contribution in [0.5, 0.6) is 0 Å². The van der Waals surface area contributed by atoms with Crippen molar-refractivity contribution in [3.8, 4) is 0 Å². The highest BCUT2D eigenvalue weighted by atomic mass is 16.5. The molecule has 128 valence electrons. The van der Waals surface area contributed by atoms with Gasteiger partial charge in [0, 0.05) is 50.2 Å². The standard InChI is InChI=1S/C17H24N6O/c1-11-21-16(22-24-11)6-12-2-4-23(5-3-12)17-9-15(19-10-20-17)13-7-14(18)8-13/h9-10,12-14H,2-8,18H2,1H3. The minimum absolute atomic E-state index is 0.345. The van der Waals surface area contributed by atoms with E-state index in [1.165, 1.54) is 0 Å². The zero-order valence-electron chi connectivity index (χ0n) is 14.1. The lowest BCUT2D eigenvalue weighted by atomic mass is 9.78. The molecular formula is C17H24N6O. The molecule has 1 aliphatic heterocycles. The zero-order chi connectivity index (χ0) is 16.5. The van der Waals surface area contributed by atoms with Gasteiger partial charge in [0.05, 0.1) is 0 Å². The number of hydrogen-bond acceptors (Lipinski definition) is 7. The molecule has 2 aromatic rings. The SMILES string of the molecule is Cc1nc(CC2CCN(c3cc(C4CC(N)C4)ncn3)CC2)no1. The van der Waals surface area contributed by atoms with Gasteiger partial charge in [-0.3, -0.25) is 0 Å². The Bertz CT molecular complexity index is 688. The van der Waals surface area contributed by atoms with Gasteiger partial charge >= 0.3 is 0 Å². The summed E-state index contributed by atoms with van der Waals surface area (Å²) in [6, 6.07) is 2.50. The first kappa shape index (κ1) is 15.5. The van der Waals surface area contributed by atoms with Gasteiger partial charge in [-0.15, -0.1) is 0 Å². The van der Waals surface area contributed by atoms with Gasteiger partial charge in [-0.05, 0) is 31.6 Å². The van der Waals surface area contributed by atoms with Crippen molar-refractivity contribution in [2.24, 2.45) is 11.7 Å². The molecule has 0 radical (unpaired) electrons. The molecule has 1 saturated heterocycles. The highest BCUT2D eigenvalue weighted by Crippen LogP contribution is 2.35. The lowest BCUT2D eigenvalue weighted by Crippen LogP contribution is -2.36.